The summed E-state index contributed by atoms with van der Waals surface area (Å²) in [5.41, 5.74) is -0.581. The van der Waals surface area contributed by atoms with E-state index in [2.05, 4.69) is 10.6 Å². The molecule has 1 aromatic carbocycles. The van der Waals surface area contributed by atoms with Gasteiger partial charge in [0.05, 0.1) is 16.9 Å². The number of nitrogens with one attached hydrogen (secondary N) is 2. The van der Waals surface area contributed by atoms with Gasteiger partial charge in [-0.25, -0.2) is 12.7 Å². The van der Waals surface area contributed by atoms with Crippen molar-refractivity contribution in [2.45, 2.75) is 27.2 Å². The summed E-state index contributed by atoms with van der Waals surface area (Å²) in [6, 6.07) is 5.96. The number of hydrogen-bond acceptors (Lipinski definition) is 5. The van der Waals surface area contributed by atoms with Crippen LogP contribution in [0.3, 0.4) is 0 Å². The van der Waals surface area contributed by atoms with E-state index in [9.17, 15) is 22.8 Å². The van der Waals surface area contributed by atoms with Gasteiger partial charge in [-0.05, 0) is 38.5 Å². The first-order chi connectivity index (χ1) is 12.0. The minimum Gasteiger partial charge on any atom is -0.356 e. The first-order valence-electron chi connectivity index (χ1n) is 8.25. The normalized spacial score (nSPS) is 17.8. The maximum Gasteiger partial charge on any atom is 0.251 e. The number of benzene rings is 1. The average Bonchev–Trinajstić information content (AvgIpc) is 2.69. The zero-order chi connectivity index (χ0) is 19.5. The summed E-state index contributed by atoms with van der Waals surface area (Å²) in [5.74, 6) is -1.29. The van der Waals surface area contributed by atoms with Crippen molar-refractivity contribution in [1.82, 2.24) is 10.6 Å². The molecule has 2 N–H and O–H groups in total. The van der Waals surface area contributed by atoms with Gasteiger partial charge in [-0.15, -0.1) is 0 Å². The fraction of sp³-hybridized carbons (Fsp3) is 0.471. The zero-order valence-electron chi connectivity index (χ0n) is 15.0. The molecule has 0 radical (unpaired) electrons. The number of amides is 3. The number of anilines is 1. The lowest BCUT2D eigenvalue weighted by Gasteiger charge is -2.18. The van der Waals surface area contributed by atoms with Gasteiger partial charge in [0.2, 0.25) is 21.8 Å². The minimum atomic E-state index is -3.76. The molecule has 1 heterocycles. The van der Waals surface area contributed by atoms with E-state index in [-0.39, 0.29) is 28.8 Å². The maximum absolute atomic E-state index is 12.4. The van der Waals surface area contributed by atoms with Crippen LogP contribution in [0.15, 0.2) is 24.3 Å². The van der Waals surface area contributed by atoms with Crippen LogP contribution in [0.2, 0.25) is 0 Å². The average molecular weight is 381 g/mol. The lowest BCUT2D eigenvalue weighted by molar-refractivity contribution is -0.123. The van der Waals surface area contributed by atoms with Crippen LogP contribution in [-0.4, -0.2) is 45.0 Å². The second kappa shape index (κ2) is 7.45. The summed E-state index contributed by atoms with van der Waals surface area (Å²) in [5, 5.41) is 5.32. The molecule has 1 aliphatic rings. The van der Waals surface area contributed by atoms with Gasteiger partial charge < -0.3 is 10.6 Å². The third-order valence-corrected chi connectivity index (χ3v) is 5.96. The molecule has 0 atom stereocenters. The summed E-state index contributed by atoms with van der Waals surface area (Å²) in [7, 11) is -3.76. The van der Waals surface area contributed by atoms with Gasteiger partial charge in [0.15, 0.2) is 0 Å². The number of rotatable bonds is 6. The van der Waals surface area contributed by atoms with Crippen molar-refractivity contribution in [1.29, 1.82) is 0 Å². The van der Waals surface area contributed by atoms with Crippen molar-refractivity contribution in [3.8, 4) is 0 Å². The second-order valence-corrected chi connectivity index (χ2v) is 8.67. The summed E-state index contributed by atoms with van der Waals surface area (Å²) in [4.78, 5) is 35.4. The predicted octanol–water partition coefficient (Wildman–Crippen LogP) is 0.645. The van der Waals surface area contributed by atoms with Crippen LogP contribution in [0, 0.1) is 5.41 Å². The Bertz CT molecular complexity index is 833. The van der Waals surface area contributed by atoms with Crippen LogP contribution in [0.25, 0.3) is 0 Å². The molecular formula is C17H23N3O5S. The molecule has 8 nitrogen and oxygen atoms in total. The summed E-state index contributed by atoms with van der Waals surface area (Å²) in [6.45, 7) is 5.39. The van der Waals surface area contributed by atoms with Crippen molar-refractivity contribution >= 4 is 33.4 Å². The molecule has 0 unspecified atom stereocenters. The molecule has 142 valence electrons. The largest absolute Gasteiger partial charge is 0.356 e. The fourth-order valence-electron chi connectivity index (χ4n) is 2.69. The molecule has 2 rings (SSSR count). The van der Waals surface area contributed by atoms with Crippen LogP contribution in [0.1, 0.15) is 37.6 Å². The molecule has 26 heavy (non-hydrogen) atoms. The van der Waals surface area contributed by atoms with Crippen molar-refractivity contribution in [2.24, 2.45) is 5.41 Å². The highest BCUT2D eigenvalue weighted by molar-refractivity contribution is 7.94. The van der Waals surface area contributed by atoms with Crippen LogP contribution in [-0.2, 0) is 19.6 Å². The Kier molecular flexibility index (Phi) is 5.70. The predicted molar refractivity (Wildman–Crippen MR) is 97.1 cm³/mol. The van der Waals surface area contributed by atoms with E-state index >= 15 is 0 Å². The van der Waals surface area contributed by atoms with Crippen LogP contribution in [0.4, 0.5) is 5.69 Å². The number of hydrogen-bond donors (Lipinski definition) is 2. The number of nitrogens with zero attached hydrogens (tertiary/aromatic N) is 1. The van der Waals surface area contributed by atoms with Crippen molar-refractivity contribution in [3.05, 3.63) is 29.8 Å². The molecule has 0 aromatic heterocycles. The van der Waals surface area contributed by atoms with Crippen molar-refractivity contribution in [2.75, 3.05) is 23.1 Å². The van der Waals surface area contributed by atoms with E-state index in [1.807, 2.05) is 0 Å². The van der Waals surface area contributed by atoms with Gasteiger partial charge >= 0.3 is 0 Å². The number of carbonyl (C=O) groups excluding carboxylic acids is 3. The maximum atomic E-state index is 12.4. The zero-order valence-corrected chi connectivity index (χ0v) is 15.9. The number of sulfonamides is 1. The van der Waals surface area contributed by atoms with E-state index in [1.54, 1.807) is 19.9 Å². The topological polar surface area (TPSA) is 113 Å². The SMILES string of the molecule is CC(=O)NCCCNC(=O)c1cccc(N2C(=O)C(C)(C)CS2(=O)=O)c1. The summed E-state index contributed by atoms with van der Waals surface area (Å²) in [6.07, 6.45) is 0.568. The van der Waals surface area contributed by atoms with Gasteiger partial charge in [-0.2, -0.15) is 0 Å². The minimum absolute atomic E-state index is 0.136. The molecule has 0 bridgehead atoms. The number of carbonyl (C=O) groups is 3. The molecule has 9 heteroatoms. The van der Waals surface area contributed by atoms with Gasteiger partial charge in [0, 0.05) is 25.6 Å². The molecule has 0 spiro atoms. The molecule has 0 saturated carbocycles. The Morgan fingerprint density at radius 1 is 1.19 bits per heavy atom. The molecule has 1 saturated heterocycles. The third-order valence-electron chi connectivity index (χ3n) is 3.94. The van der Waals surface area contributed by atoms with Gasteiger partial charge in [-0.1, -0.05) is 6.07 Å². The molecule has 1 aliphatic heterocycles. The van der Waals surface area contributed by atoms with Crippen molar-refractivity contribution < 1.29 is 22.8 Å². The summed E-state index contributed by atoms with van der Waals surface area (Å²) >= 11 is 0. The van der Waals surface area contributed by atoms with E-state index in [1.165, 1.54) is 25.1 Å². The smallest absolute Gasteiger partial charge is 0.251 e. The highest BCUT2D eigenvalue weighted by Crippen LogP contribution is 2.35. The Morgan fingerprint density at radius 3 is 2.42 bits per heavy atom. The van der Waals surface area contributed by atoms with Crippen LogP contribution in [0.5, 0.6) is 0 Å². The molecule has 3 amide bonds. The Morgan fingerprint density at radius 2 is 1.85 bits per heavy atom. The van der Waals surface area contributed by atoms with Crippen LogP contribution >= 0.6 is 0 Å². The quantitative estimate of drug-likeness (QED) is 0.703. The summed E-state index contributed by atoms with van der Waals surface area (Å²) < 4.78 is 25.5. The van der Waals surface area contributed by atoms with Crippen LogP contribution < -0.4 is 14.9 Å². The molecule has 0 aliphatic carbocycles. The highest BCUT2D eigenvalue weighted by atomic mass is 32.2. The molecule has 1 aromatic rings. The highest BCUT2D eigenvalue weighted by Gasteiger charge is 2.49. The third kappa shape index (κ3) is 4.40. The van der Waals surface area contributed by atoms with E-state index in [0.29, 0.717) is 19.5 Å². The Balaban J connectivity index is 2.09. The Hall–Kier alpha value is -2.42. The van der Waals surface area contributed by atoms with Crippen molar-refractivity contribution in [3.63, 3.8) is 0 Å². The standard InChI is InChI=1S/C17H23N3O5S/c1-12(21)18-8-5-9-19-15(22)13-6-4-7-14(10-13)20-16(23)17(2,3)11-26(20,24)25/h4,6-7,10H,5,8-9,11H2,1-3H3,(H,18,21)(H,19,22). The first kappa shape index (κ1) is 19.9. The monoisotopic (exact) mass is 381 g/mol. The first-order valence-corrected chi connectivity index (χ1v) is 9.86. The molecule has 1 fully saturated rings. The van der Waals surface area contributed by atoms with E-state index in [4.69, 9.17) is 0 Å². The fourth-order valence-corrected chi connectivity index (χ4v) is 4.79. The second-order valence-electron chi connectivity index (χ2n) is 6.85. The van der Waals surface area contributed by atoms with E-state index < -0.39 is 21.3 Å². The Labute approximate surface area is 153 Å². The van der Waals surface area contributed by atoms with Gasteiger partial charge in [-0.3, -0.25) is 14.4 Å². The lowest BCUT2D eigenvalue weighted by Crippen LogP contribution is -2.33. The van der Waals surface area contributed by atoms with Gasteiger partial charge in [0.25, 0.3) is 5.91 Å². The lowest BCUT2D eigenvalue weighted by atomic mass is 9.95. The van der Waals surface area contributed by atoms with Gasteiger partial charge in [0.1, 0.15) is 0 Å². The molecular weight excluding hydrogens is 358 g/mol. The van der Waals surface area contributed by atoms with E-state index in [0.717, 1.165) is 4.31 Å².